The smallest absolute Gasteiger partial charge is 0.330 e. The van der Waals surface area contributed by atoms with Gasteiger partial charge in [0.15, 0.2) is 0 Å². The first kappa shape index (κ1) is 17.4. The third-order valence-corrected chi connectivity index (χ3v) is 3.58. The maximum atomic E-state index is 12.3. The second-order valence-corrected chi connectivity index (χ2v) is 6.04. The van der Waals surface area contributed by atoms with Crippen molar-refractivity contribution < 1.29 is 0 Å². The molecule has 1 aromatic heterocycles. The van der Waals surface area contributed by atoms with E-state index in [4.69, 9.17) is 12.2 Å². The van der Waals surface area contributed by atoms with Crippen LogP contribution in [0.3, 0.4) is 0 Å². The quantitative estimate of drug-likeness (QED) is 0.783. The molecule has 3 N–H and O–H groups in total. The van der Waals surface area contributed by atoms with Crippen LogP contribution in [-0.4, -0.2) is 22.6 Å². The highest BCUT2D eigenvalue weighted by molar-refractivity contribution is 5.63. The lowest BCUT2D eigenvalue weighted by Gasteiger charge is -2.25. The molecule has 126 valence electrons. The number of nitrogens with two attached hydrogens (primary N) is 1. The van der Waals surface area contributed by atoms with Crippen molar-refractivity contribution in [2.45, 2.75) is 20.4 Å². The first-order chi connectivity index (χ1) is 11.4. The van der Waals surface area contributed by atoms with E-state index in [1.807, 2.05) is 44.2 Å². The molecule has 6 heteroatoms. The second-order valence-electron chi connectivity index (χ2n) is 6.04. The summed E-state index contributed by atoms with van der Waals surface area (Å²) < 4.78 is 1.36. The Kier molecular flexibility index (Phi) is 5.48. The van der Waals surface area contributed by atoms with Gasteiger partial charge in [0, 0.05) is 6.54 Å². The Bertz CT molecular complexity index is 844. The van der Waals surface area contributed by atoms with Crippen molar-refractivity contribution >= 4 is 11.5 Å². The minimum Gasteiger partial charge on any atom is -0.383 e. The molecule has 0 amide bonds. The summed E-state index contributed by atoms with van der Waals surface area (Å²) in [4.78, 5) is 28.6. The third kappa shape index (κ3) is 3.87. The number of nitrogen functional groups attached to an aromatic ring is 1. The van der Waals surface area contributed by atoms with Crippen molar-refractivity contribution in [1.82, 2.24) is 9.55 Å². The number of nitrogens with one attached hydrogen (secondary N) is 1. The molecule has 0 bridgehead atoms. The molecule has 0 atom stereocenters. The Morgan fingerprint density at radius 1 is 1.29 bits per heavy atom. The van der Waals surface area contributed by atoms with Crippen LogP contribution in [0, 0.1) is 18.3 Å². The molecule has 0 aliphatic heterocycles. The number of hydrogen-bond donors (Lipinski definition) is 2. The molecule has 2 rings (SSSR count). The lowest BCUT2D eigenvalue weighted by molar-refractivity contribution is 0.622. The molecule has 1 heterocycles. The van der Waals surface area contributed by atoms with E-state index in [1.165, 1.54) is 4.57 Å². The zero-order chi connectivity index (χ0) is 17.7. The third-order valence-electron chi connectivity index (χ3n) is 3.58. The Labute approximate surface area is 140 Å². The monoisotopic (exact) mass is 326 g/mol. The normalized spacial score (nSPS) is 10.6. The number of H-pyrrole nitrogens is 1. The first-order valence-electron chi connectivity index (χ1n) is 7.79. The first-order valence-corrected chi connectivity index (χ1v) is 7.79. The summed E-state index contributed by atoms with van der Waals surface area (Å²) in [6.07, 6.45) is 5.42. The van der Waals surface area contributed by atoms with Crippen LogP contribution in [0.2, 0.25) is 0 Å². The minimum absolute atomic E-state index is 0.128. The fourth-order valence-corrected chi connectivity index (χ4v) is 2.59. The van der Waals surface area contributed by atoms with Gasteiger partial charge in [-0.2, -0.15) is 0 Å². The summed E-state index contributed by atoms with van der Waals surface area (Å²) in [5.74, 6) is 2.95. The molecule has 0 aliphatic rings. The lowest BCUT2D eigenvalue weighted by atomic mass is 10.2. The average Bonchev–Trinajstić information content (AvgIpc) is 2.52. The van der Waals surface area contributed by atoms with Crippen LogP contribution in [0.5, 0.6) is 0 Å². The molecule has 2 aromatic rings. The van der Waals surface area contributed by atoms with Crippen molar-refractivity contribution in [2.75, 3.05) is 23.7 Å². The fraction of sp³-hybridized carbons (Fsp3) is 0.333. The van der Waals surface area contributed by atoms with Crippen LogP contribution in [-0.2, 0) is 6.54 Å². The summed E-state index contributed by atoms with van der Waals surface area (Å²) >= 11 is 0. The molecule has 1 aromatic carbocycles. The van der Waals surface area contributed by atoms with Crippen LogP contribution < -0.4 is 21.9 Å². The maximum Gasteiger partial charge on any atom is 0.330 e. The topological polar surface area (TPSA) is 84.1 Å². The average molecular weight is 326 g/mol. The molecule has 0 aliphatic carbocycles. The number of rotatable bonds is 6. The molecule has 0 saturated carbocycles. The highest BCUT2D eigenvalue weighted by Gasteiger charge is 2.19. The maximum absolute atomic E-state index is 12.3. The van der Waals surface area contributed by atoms with E-state index in [9.17, 15) is 9.59 Å². The summed E-state index contributed by atoms with van der Waals surface area (Å²) in [6, 6.07) is 9.44. The number of aromatic nitrogens is 2. The van der Waals surface area contributed by atoms with Gasteiger partial charge in [-0.3, -0.25) is 14.3 Å². The number of benzene rings is 1. The summed E-state index contributed by atoms with van der Waals surface area (Å²) in [5, 5.41) is 0. The SMILES string of the molecule is C#CCN(CC(C)C)c1c(N)n(Cc2ccccc2)c(=O)[nH]c1=O. The molecular weight excluding hydrogens is 304 g/mol. The number of aromatic amines is 1. The predicted octanol–water partition coefficient (Wildman–Crippen LogP) is 1.26. The zero-order valence-corrected chi connectivity index (χ0v) is 14.0. The molecule has 0 spiro atoms. The fourth-order valence-electron chi connectivity index (χ4n) is 2.59. The van der Waals surface area contributed by atoms with E-state index in [-0.39, 0.29) is 30.5 Å². The van der Waals surface area contributed by atoms with Gasteiger partial charge < -0.3 is 10.6 Å². The summed E-state index contributed by atoms with van der Waals surface area (Å²) in [7, 11) is 0. The Morgan fingerprint density at radius 3 is 2.54 bits per heavy atom. The number of hydrogen-bond acceptors (Lipinski definition) is 4. The number of terminal acetylenes is 1. The van der Waals surface area contributed by atoms with Gasteiger partial charge in [-0.05, 0) is 11.5 Å². The van der Waals surface area contributed by atoms with Gasteiger partial charge in [-0.1, -0.05) is 50.1 Å². The van der Waals surface area contributed by atoms with E-state index in [1.54, 1.807) is 4.90 Å². The van der Waals surface area contributed by atoms with Crippen LogP contribution >= 0.6 is 0 Å². The molecular formula is C18H22N4O2. The Balaban J connectivity index is 2.53. The van der Waals surface area contributed by atoms with Crippen molar-refractivity contribution in [1.29, 1.82) is 0 Å². The standard InChI is InChI=1S/C18H22N4O2/c1-4-10-21(11-13(2)3)15-16(19)22(18(24)20-17(15)23)12-14-8-6-5-7-9-14/h1,5-9,13H,10-12,19H2,2-3H3,(H,20,23,24). The van der Waals surface area contributed by atoms with Gasteiger partial charge in [-0.25, -0.2) is 4.79 Å². The predicted molar refractivity (Wildman–Crippen MR) is 97.2 cm³/mol. The zero-order valence-electron chi connectivity index (χ0n) is 14.0. The van der Waals surface area contributed by atoms with E-state index < -0.39 is 11.2 Å². The van der Waals surface area contributed by atoms with E-state index in [0.29, 0.717) is 6.54 Å². The van der Waals surface area contributed by atoms with Crippen LogP contribution in [0.25, 0.3) is 0 Å². The minimum atomic E-state index is -0.532. The molecule has 6 nitrogen and oxygen atoms in total. The van der Waals surface area contributed by atoms with E-state index in [0.717, 1.165) is 5.56 Å². The summed E-state index contributed by atoms with van der Waals surface area (Å²) in [6.45, 7) is 5.14. The Morgan fingerprint density at radius 2 is 1.96 bits per heavy atom. The Hall–Kier alpha value is -2.94. The van der Waals surface area contributed by atoms with Gasteiger partial charge in [0.25, 0.3) is 5.56 Å². The lowest BCUT2D eigenvalue weighted by Crippen LogP contribution is -2.40. The number of nitrogens with zero attached hydrogens (tertiary/aromatic N) is 2. The van der Waals surface area contributed by atoms with Crippen molar-refractivity contribution in [3.05, 3.63) is 56.7 Å². The van der Waals surface area contributed by atoms with Crippen LogP contribution in [0.1, 0.15) is 19.4 Å². The highest BCUT2D eigenvalue weighted by atomic mass is 16.2. The highest BCUT2D eigenvalue weighted by Crippen LogP contribution is 2.18. The van der Waals surface area contributed by atoms with Crippen molar-refractivity contribution in [3.63, 3.8) is 0 Å². The van der Waals surface area contributed by atoms with Gasteiger partial charge in [0.2, 0.25) is 0 Å². The largest absolute Gasteiger partial charge is 0.383 e. The van der Waals surface area contributed by atoms with Gasteiger partial charge in [-0.15, -0.1) is 6.42 Å². The molecule has 0 fully saturated rings. The summed E-state index contributed by atoms with van der Waals surface area (Å²) in [5.41, 5.74) is 6.29. The van der Waals surface area contributed by atoms with Gasteiger partial charge in [0.1, 0.15) is 11.5 Å². The number of anilines is 2. The van der Waals surface area contributed by atoms with Gasteiger partial charge >= 0.3 is 5.69 Å². The van der Waals surface area contributed by atoms with Crippen LogP contribution in [0.4, 0.5) is 11.5 Å². The molecule has 0 unspecified atom stereocenters. The van der Waals surface area contributed by atoms with E-state index in [2.05, 4.69) is 10.9 Å². The second kappa shape index (κ2) is 7.55. The molecule has 0 saturated heterocycles. The van der Waals surface area contributed by atoms with Gasteiger partial charge in [0.05, 0.1) is 13.1 Å². The van der Waals surface area contributed by atoms with Crippen molar-refractivity contribution in [3.8, 4) is 12.3 Å². The van der Waals surface area contributed by atoms with E-state index >= 15 is 0 Å². The van der Waals surface area contributed by atoms with Crippen LogP contribution in [0.15, 0.2) is 39.9 Å². The molecule has 24 heavy (non-hydrogen) atoms. The van der Waals surface area contributed by atoms with Crippen molar-refractivity contribution in [2.24, 2.45) is 5.92 Å². The molecule has 0 radical (unpaired) electrons.